The third kappa shape index (κ3) is 4.27. The zero-order valence-electron chi connectivity index (χ0n) is 16.8. The summed E-state index contributed by atoms with van der Waals surface area (Å²) in [6.45, 7) is 6.96. The Bertz CT molecular complexity index is 1060. The minimum Gasteiger partial charge on any atom is -0.489 e. The van der Waals surface area contributed by atoms with Crippen LogP contribution in [0.4, 0.5) is 11.4 Å². The summed E-state index contributed by atoms with van der Waals surface area (Å²) in [6, 6.07) is 13.1. The highest BCUT2D eigenvalue weighted by atomic mass is 32.2. The van der Waals surface area contributed by atoms with E-state index in [1.165, 1.54) is 12.1 Å². The van der Waals surface area contributed by atoms with Crippen LogP contribution >= 0.6 is 0 Å². The first kappa shape index (κ1) is 20.9. The maximum atomic E-state index is 12.8. The molecule has 1 aliphatic heterocycles. The maximum Gasteiger partial charge on any atom is 0.255 e. The molecule has 1 fully saturated rings. The van der Waals surface area contributed by atoms with Crippen LogP contribution in [0.1, 0.15) is 38.1 Å². The molecular formula is C21H24N2O5S. The molecule has 1 aliphatic rings. The van der Waals surface area contributed by atoms with Gasteiger partial charge in [-0.2, -0.15) is 0 Å². The van der Waals surface area contributed by atoms with Crippen LogP contribution in [-0.2, 0) is 14.8 Å². The second-order valence-electron chi connectivity index (χ2n) is 7.88. The number of para-hydroxylation sites is 2. The van der Waals surface area contributed by atoms with E-state index in [0.29, 0.717) is 11.4 Å². The van der Waals surface area contributed by atoms with E-state index < -0.39 is 27.3 Å². The van der Waals surface area contributed by atoms with Crippen LogP contribution in [0.25, 0.3) is 0 Å². The minimum atomic E-state index is -3.79. The molecule has 2 amide bonds. The predicted molar refractivity (Wildman–Crippen MR) is 112 cm³/mol. The molecular weight excluding hydrogens is 392 g/mol. The minimum absolute atomic E-state index is 0.0638. The maximum absolute atomic E-state index is 12.8. The van der Waals surface area contributed by atoms with Crippen molar-refractivity contribution >= 4 is 33.2 Å². The van der Waals surface area contributed by atoms with Gasteiger partial charge in [0, 0.05) is 5.56 Å². The highest BCUT2D eigenvalue weighted by molar-refractivity contribution is 7.94. The van der Waals surface area contributed by atoms with Crippen LogP contribution in [0, 0.1) is 5.41 Å². The first-order valence-electron chi connectivity index (χ1n) is 9.26. The zero-order valence-corrected chi connectivity index (χ0v) is 17.6. The molecule has 3 rings (SSSR count). The van der Waals surface area contributed by atoms with Gasteiger partial charge in [0.2, 0.25) is 15.9 Å². The van der Waals surface area contributed by atoms with Gasteiger partial charge in [0.05, 0.1) is 28.6 Å². The van der Waals surface area contributed by atoms with E-state index in [1.807, 2.05) is 13.8 Å². The van der Waals surface area contributed by atoms with Gasteiger partial charge in [0.25, 0.3) is 5.91 Å². The predicted octanol–water partition coefficient (Wildman–Crippen LogP) is 3.43. The number of nitrogens with zero attached hydrogens (tertiary/aromatic N) is 1. The Balaban J connectivity index is 1.89. The van der Waals surface area contributed by atoms with Crippen LogP contribution in [0.3, 0.4) is 0 Å². The second kappa shape index (κ2) is 7.51. The summed E-state index contributed by atoms with van der Waals surface area (Å²) in [5.41, 5.74) is -0.123. The third-order valence-electron chi connectivity index (χ3n) is 4.43. The number of anilines is 2. The molecule has 0 spiro atoms. The molecule has 7 nitrogen and oxygen atoms in total. The normalized spacial score (nSPS) is 17.4. The Morgan fingerprint density at radius 3 is 2.45 bits per heavy atom. The van der Waals surface area contributed by atoms with Gasteiger partial charge < -0.3 is 10.1 Å². The summed E-state index contributed by atoms with van der Waals surface area (Å²) >= 11 is 0. The Morgan fingerprint density at radius 1 is 1.14 bits per heavy atom. The molecule has 2 aromatic carbocycles. The summed E-state index contributed by atoms with van der Waals surface area (Å²) in [4.78, 5) is 25.4. The number of carbonyl (C=O) groups is 2. The van der Waals surface area contributed by atoms with Gasteiger partial charge in [-0.25, -0.2) is 12.7 Å². The standard InChI is InChI=1S/C21H24N2O5S/c1-14(2)28-18-11-6-5-10-17(18)22-19(24)15-8-7-9-16(12-15)23-20(25)21(3,4)13-29(23,26)27/h5-12,14H,13H2,1-4H3,(H,22,24). The van der Waals surface area contributed by atoms with E-state index in [-0.39, 0.29) is 23.1 Å². The van der Waals surface area contributed by atoms with Crippen molar-refractivity contribution in [3.05, 3.63) is 54.1 Å². The van der Waals surface area contributed by atoms with Crippen molar-refractivity contribution in [2.24, 2.45) is 5.41 Å². The second-order valence-corrected chi connectivity index (χ2v) is 9.69. The fourth-order valence-corrected chi connectivity index (χ4v) is 5.26. The molecule has 0 aromatic heterocycles. The van der Waals surface area contributed by atoms with Gasteiger partial charge in [-0.15, -0.1) is 0 Å². The van der Waals surface area contributed by atoms with E-state index in [0.717, 1.165) is 4.31 Å². The lowest BCUT2D eigenvalue weighted by Crippen LogP contribution is -2.33. The van der Waals surface area contributed by atoms with Crippen molar-refractivity contribution < 1.29 is 22.7 Å². The first-order valence-corrected chi connectivity index (χ1v) is 10.9. The highest BCUT2D eigenvalue weighted by Gasteiger charge is 2.49. The summed E-state index contributed by atoms with van der Waals surface area (Å²) < 4.78 is 31.5. The van der Waals surface area contributed by atoms with Crippen molar-refractivity contribution in [2.75, 3.05) is 15.4 Å². The molecule has 29 heavy (non-hydrogen) atoms. The largest absolute Gasteiger partial charge is 0.489 e. The van der Waals surface area contributed by atoms with Gasteiger partial charge in [0.15, 0.2) is 0 Å². The fourth-order valence-electron chi connectivity index (χ4n) is 3.16. The smallest absolute Gasteiger partial charge is 0.255 e. The number of benzene rings is 2. The fraction of sp³-hybridized carbons (Fsp3) is 0.333. The van der Waals surface area contributed by atoms with Gasteiger partial charge in [-0.3, -0.25) is 9.59 Å². The Labute approximate surface area is 170 Å². The molecule has 1 N–H and O–H groups in total. The molecule has 1 saturated heterocycles. The number of rotatable bonds is 5. The van der Waals surface area contributed by atoms with Crippen molar-refractivity contribution in [3.63, 3.8) is 0 Å². The van der Waals surface area contributed by atoms with Crippen molar-refractivity contribution in [2.45, 2.75) is 33.8 Å². The molecule has 8 heteroatoms. The summed E-state index contributed by atoms with van der Waals surface area (Å²) in [5, 5.41) is 2.78. The van der Waals surface area contributed by atoms with E-state index in [1.54, 1.807) is 50.2 Å². The lowest BCUT2D eigenvalue weighted by atomic mass is 9.95. The molecule has 0 radical (unpaired) electrons. The molecule has 0 saturated carbocycles. The highest BCUT2D eigenvalue weighted by Crippen LogP contribution is 2.36. The topological polar surface area (TPSA) is 92.8 Å². The van der Waals surface area contributed by atoms with Crippen LogP contribution in [-0.4, -0.2) is 32.1 Å². The van der Waals surface area contributed by atoms with E-state index in [4.69, 9.17) is 4.74 Å². The van der Waals surface area contributed by atoms with E-state index in [2.05, 4.69) is 5.32 Å². The van der Waals surface area contributed by atoms with Gasteiger partial charge in [0.1, 0.15) is 5.75 Å². The third-order valence-corrected chi connectivity index (χ3v) is 6.45. The number of amides is 2. The molecule has 1 heterocycles. The molecule has 154 valence electrons. The first-order chi connectivity index (χ1) is 13.5. The van der Waals surface area contributed by atoms with Crippen molar-refractivity contribution in [1.29, 1.82) is 0 Å². The number of ether oxygens (including phenoxy) is 1. The van der Waals surface area contributed by atoms with E-state index in [9.17, 15) is 18.0 Å². The summed E-state index contributed by atoms with van der Waals surface area (Å²) in [6.07, 6.45) is -0.0638. The van der Waals surface area contributed by atoms with Crippen LogP contribution in [0.15, 0.2) is 48.5 Å². The average Bonchev–Trinajstić information content (AvgIpc) is 2.79. The van der Waals surface area contributed by atoms with Gasteiger partial charge in [-0.1, -0.05) is 18.2 Å². The zero-order chi connectivity index (χ0) is 21.4. The molecule has 0 bridgehead atoms. The number of sulfonamides is 1. The van der Waals surface area contributed by atoms with Gasteiger partial charge in [-0.05, 0) is 58.0 Å². The molecule has 0 aliphatic carbocycles. The summed E-state index contributed by atoms with van der Waals surface area (Å²) in [5.74, 6) is -0.679. The number of carbonyl (C=O) groups excluding carboxylic acids is 2. The Kier molecular flexibility index (Phi) is 5.40. The van der Waals surface area contributed by atoms with Gasteiger partial charge >= 0.3 is 0 Å². The number of hydrogen-bond acceptors (Lipinski definition) is 5. The van der Waals surface area contributed by atoms with Crippen LogP contribution in [0.5, 0.6) is 5.75 Å². The van der Waals surface area contributed by atoms with Crippen LogP contribution in [0.2, 0.25) is 0 Å². The number of nitrogens with one attached hydrogen (secondary N) is 1. The molecule has 2 aromatic rings. The SMILES string of the molecule is CC(C)Oc1ccccc1NC(=O)c1cccc(N2C(=O)C(C)(C)CS2(=O)=O)c1. The quantitative estimate of drug-likeness (QED) is 0.806. The lowest BCUT2D eigenvalue weighted by Gasteiger charge is -2.18. The molecule has 0 unspecified atom stereocenters. The Morgan fingerprint density at radius 2 is 1.83 bits per heavy atom. The summed E-state index contributed by atoms with van der Waals surface area (Å²) in [7, 11) is -3.79. The monoisotopic (exact) mass is 416 g/mol. The lowest BCUT2D eigenvalue weighted by molar-refractivity contribution is -0.123. The number of hydrogen-bond donors (Lipinski definition) is 1. The van der Waals surface area contributed by atoms with Crippen LogP contribution < -0.4 is 14.4 Å². The molecule has 0 atom stereocenters. The average molecular weight is 416 g/mol. The van der Waals surface area contributed by atoms with Crippen molar-refractivity contribution in [3.8, 4) is 5.75 Å². The van der Waals surface area contributed by atoms with Crippen molar-refractivity contribution in [1.82, 2.24) is 0 Å². The van der Waals surface area contributed by atoms with E-state index >= 15 is 0 Å². The Hall–Kier alpha value is -2.87.